The first-order valence-corrected chi connectivity index (χ1v) is 25.6. The van der Waals surface area contributed by atoms with Crippen molar-refractivity contribution in [3.05, 3.63) is 95.1 Å². The lowest BCUT2D eigenvalue weighted by atomic mass is 9.89. The van der Waals surface area contributed by atoms with Gasteiger partial charge in [0, 0.05) is 108 Å². The van der Waals surface area contributed by atoms with Crippen LogP contribution in [0.2, 0.25) is 0 Å². The van der Waals surface area contributed by atoms with Gasteiger partial charge in [-0.15, -0.1) is 6.42 Å². The summed E-state index contributed by atoms with van der Waals surface area (Å²) in [7, 11) is 3.48. The second kappa shape index (κ2) is 23.1. The number of terminal acetylenes is 1. The number of alkyl halides is 3. The average molecular weight is 1000 g/mol. The van der Waals surface area contributed by atoms with Gasteiger partial charge in [-0.05, 0) is 110 Å². The topological polar surface area (TPSA) is 150 Å². The number of nitrogens with zero attached hydrogens (tertiary/aromatic N) is 5. The third kappa shape index (κ3) is 12.4. The fourth-order valence-corrected chi connectivity index (χ4v) is 10.9. The molecule has 14 nitrogen and oxygen atoms in total. The van der Waals surface area contributed by atoms with Crippen LogP contribution in [0.25, 0.3) is 10.8 Å². The molecule has 0 spiro atoms. The number of hydrogen-bond acceptors (Lipinski definition) is 10. The lowest BCUT2D eigenvalue weighted by molar-refractivity contribution is -0.139. The average Bonchev–Trinajstić information content (AvgIpc) is 3.74. The number of imide groups is 1. The normalized spacial score (nSPS) is 21.1. The molecule has 5 fully saturated rings. The quantitative estimate of drug-likeness (QED) is 0.0654. The molecular formula is C56H68F3N9O5. The van der Waals surface area contributed by atoms with E-state index in [1.165, 1.54) is 11.3 Å². The third-order valence-electron chi connectivity index (χ3n) is 15.3. The number of amides is 5. The Morgan fingerprint density at radius 2 is 1.60 bits per heavy atom. The molecule has 5 aliphatic rings. The number of halogens is 3. The highest BCUT2D eigenvalue weighted by atomic mass is 19.3. The first-order valence-electron chi connectivity index (χ1n) is 25.6. The summed E-state index contributed by atoms with van der Waals surface area (Å²) in [5.41, 5.74) is 4.61. The zero-order valence-electron chi connectivity index (χ0n) is 42.2. The van der Waals surface area contributed by atoms with Crippen molar-refractivity contribution in [1.29, 1.82) is 0 Å². The van der Waals surface area contributed by atoms with Crippen molar-refractivity contribution in [2.75, 3.05) is 93.0 Å². The fourth-order valence-electron chi connectivity index (χ4n) is 10.9. The van der Waals surface area contributed by atoms with Crippen molar-refractivity contribution in [3.8, 4) is 12.3 Å². The third-order valence-corrected chi connectivity index (χ3v) is 15.3. The van der Waals surface area contributed by atoms with Crippen LogP contribution in [0.4, 0.5) is 35.9 Å². The van der Waals surface area contributed by atoms with Gasteiger partial charge in [0.2, 0.25) is 24.1 Å². The lowest BCUT2D eigenvalue weighted by Crippen LogP contribution is -2.52. The molecule has 4 aromatic carbocycles. The first kappa shape index (κ1) is 52.7. The van der Waals surface area contributed by atoms with Crippen LogP contribution < -0.4 is 36.0 Å². The van der Waals surface area contributed by atoms with Gasteiger partial charge in [0.05, 0.1) is 17.9 Å². The van der Waals surface area contributed by atoms with E-state index < -0.39 is 23.7 Å². The lowest BCUT2D eigenvalue weighted by Gasteiger charge is -2.42. The number of hydrogen-bond donors (Lipinski definition) is 4. The van der Waals surface area contributed by atoms with Crippen LogP contribution in [-0.4, -0.2) is 137 Å². The molecule has 5 amide bonds. The number of aryl methyl sites for hydroxylation is 1. The van der Waals surface area contributed by atoms with Crippen LogP contribution in [0.1, 0.15) is 84.8 Å². The Morgan fingerprint density at radius 1 is 0.877 bits per heavy atom. The van der Waals surface area contributed by atoms with E-state index in [2.05, 4.69) is 37.0 Å². The van der Waals surface area contributed by atoms with E-state index in [4.69, 9.17) is 6.42 Å². The molecule has 0 aliphatic carbocycles. The molecular weight excluding hydrogens is 936 g/mol. The molecule has 0 aromatic heterocycles. The van der Waals surface area contributed by atoms with Crippen LogP contribution in [0, 0.1) is 25.2 Å². The van der Waals surface area contributed by atoms with Gasteiger partial charge in [-0.2, -0.15) is 0 Å². The summed E-state index contributed by atoms with van der Waals surface area (Å²) < 4.78 is 43.4. The molecule has 2 unspecified atom stereocenters. The number of anilines is 4. The Morgan fingerprint density at radius 3 is 2.27 bits per heavy atom. The largest absolute Gasteiger partial charge is 0.375 e. The molecule has 4 N–H and O–H groups in total. The van der Waals surface area contributed by atoms with Gasteiger partial charge in [0.15, 0.2) is 0 Å². The highest BCUT2D eigenvalue weighted by molar-refractivity contribution is 6.02. The highest BCUT2D eigenvalue weighted by Crippen LogP contribution is 2.37. The molecule has 5 aliphatic heterocycles. The number of carbonyl (C=O) groups is 5. The van der Waals surface area contributed by atoms with Crippen molar-refractivity contribution in [3.63, 3.8) is 0 Å². The second-order valence-electron chi connectivity index (χ2n) is 20.3. The highest BCUT2D eigenvalue weighted by Gasteiger charge is 2.44. The van der Waals surface area contributed by atoms with Gasteiger partial charge in [-0.3, -0.25) is 29.3 Å². The minimum atomic E-state index is -2.83. The molecule has 0 radical (unpaired) electrons. The van der Waals surface area contributed by atoms with Crippen molar-refractivity contribution < 1.29 is 37.1 Å². The first-order chi connectivity index (χ1) is 35.1. The van der Waals surface area contributed by atoms with Gasteiger partial charge in [0.1, 0.15) is 17.8 Å². The monoisotopic (exact) mass is 1000 g/mol. The van der Waals surface area contributed by atoms with Crippen molar-refractivity contribution >= 4 is 63.6 Å². The summed E-state index contributed by atoms with van der Waals surface area (Å²) in [5.74, 6) is -0.929. The van der Waals surface area contributed by atoms with Crippen LogP contribution in [0.5, 0.6) is 0 Å². The molecule has 5 saturated heterocycles. The Kier molecular flexibility index (Phi) is 16.6. The molecule has 73 heavy (non-hydrogen) atoms. The maximum absolute atomic E-state index is 15.6. The fraction of sp³-hybridized carbons (Fsp3) is 0.482. The SMILES string of the molecule is C#Cc1ccc(CNC(=O)c2cc(NC3CNCC3(F)F)ccc2C)c2ccccc12.CN(C=O)c1cc(N2CCC(C(=O)N3CCC(F)(CN4CCCCC4)CC3)CC2)ccc1N(C)C1CCC(=O)NC1=O. The number of benzene rings is 4. The van der Waals surface area contributed by atoms with E-state index in [-0.39, 0.29) is 49.1 Å². The standard InChI is InChI=1S/C31H45FN6O4.C25H23F2N3O/c1-34(22-39)27-20-24(6-7-25(27)35(2)26-8-9-28(40)33-29(26)41)37-16-10-23(11-17-37)30(42)38-18-12-31(32,13-19-38)21-36-14-4-3-5-15-36;1-3-17-9-10-18(21-7-5-4-6-20(17)21)13-29-24(31)22-12-19(11-8-16(22)2)30-23-14-28-15-25(23,26)27/h6-7,20,22-23,26H,3-5,8-19,21H2,1-2H3,(H,33,40,41);1,4-12,23,28,30H,13-15H2,2H3,(H,29,31). The maximum atomic E-state index is 15.6. The maximum Gasteiger partial charge on any atom is 0.281 e. The van der Waals surface area contributed by atoms with E-state index in [9.17, 15) is 32.8 Å². The Hall–Kier alpha value is -6.64. The summed E-state index contributed by atoms with van der Waals surface area (Å²) in [5, 5.41) is 12.8. The van der Waals surface area contributed by atoms with Crippen molar-refractivity contribution in [1.82, 2.24) is 25.8 Å². The van der Waals surface area contributed by atoms with Crippen molar-refractivity contribution in [2.45, 2.75) is 94.9 Å². The molecule has 17 heteroatoms. The number of rotatable bonds is 13. The van der Waals surface area contributed by atoms with Crippen LogP contribution in [0.3, 0.4) is 0 Å². The summed E-state index contributed by atoms with van der Waals surface area (Å²) in [6.07, 6.45) is 12.8. The predicted octanol–water partition coefficient (Wildman–Crippen LogP) is 6.63. The van der Waals surface area contributed by atoms with Crippen LogP contribution >= 0.6 is 0 Å². The second-order valence-corrected chi connectivity index (χ2v) is 20.3. The number of likely N-dealkylation sites (N-methyl/N-ethyl adjacent to an activating group) is 1. The molecule has 2 atom stereocenters. The molecule has 0 saturated carbocycles. The molecule has 9 rings (SSSR count). The van der Waals surface area contributed by atoms with Gasteiger partial charge in [-0.1, -0.05) is 48.7 Å². The number of carbonyl (C=O) groups excluding carboxylic acids is 5. The minimum Gasteiger partial charge on any atom is -0.375 e. The van der Waals surface area contributed by atoms with Gasteiger partial charge in [0.25, 0.3) is 11.8 Å². The minimum absolute atomic E-state index is 0.0643. The molecule has 0 bridgehead atoms. The molecule has 388 valence electrons. The van der Waals surface area contributed by atoms with Gasteiger partial charge in [-0.25, -0.2) is 13.2 Å². The van der Waals surface area contributed by atoms with E-state index >= 15 is 4.39 Å². The van der Waals surface area contributed by atoms with Crippen molar-refractivity contribution in [2.24, 2.45) is 5.92 Å². The van der Waals surface area contributed by atoms with Crippen LogP contribution in [-0.2, 0) is 25.7 Å². The predicted molar refractivity (Wildman–Crippen MR) is 280 cm³/mol. The zero-order chi connectivity index (χ0) is 51.9. The number of piperidine rings is 4. The summed E-state index contributed by atoms with van der Waals surface area (Å²) >= 11 is 0. The number of fused-ring (bicyclic) bond motifs is 1. The number of nitrogens with one attached hydrogen (secondary N) is 4. The van der Waals surface area contributed by atoms with E-state index in [0.717, 1.165) is 84.0 Å². The zero-order valence-corrected chi connectivity index (χ0v) is 42.2. The Balaban J connectivity index is 0.000000204. The summed E-state index contributed by atoms with van der Waals surface area (Å²) in [6, 6.07) is 21.0. The Bertz CT molecular complexity index is 2710. The molecule has 5 heterocycles. The van der Waals surface area contributed by atoms with E-state index in [1.54, 1.807) is 32.3 Å². The van der Waals surface area contributed by atoms with Crippen LogP contribution in [0.15, 0.2) is 72.8 Å². The summed E-state index contributed by atoms with van der Waals surface area (Å²) in [6.45, 7) is 6.83. The molecule has 4 aromatic rings. The van der Waals surface area contributed by atoms with E-state index in [1.807, 2.05) is 71.3 Å². The van der Waals surface area contributed by atoms with Gasteiger partial charge >= 0.3 is 0 Å². The van der Waals surface area contributed by atoms with Gasteiger partial charge < -0.3 is 40.4 Å². The summed E-state index contributed by atoms with van der Waals surface area (Å²) in [4.78, 5) is 71.8. The van der Waals surface area contributed by atoms with E-state index in [0.29, 0.717) is 75.5 Å². The smallest absolute Gasteiger partial charge is 0.281 e. The number of likely N-dealkylation sites (tertiary alicyclic amines) is 2. The Labute approximate surface area is 426 Å².